The third kappa shape index (κ3) is 3.91. The van der Waals surface area contributed by atoms with E-state index in [2.05, 4.69) is 0 Å². The Morgan fingerprint density at radius 1 is 1.19 bits per heavy atom. The van der Waals surface area contributed by atoms with Gasteiger partial charge in [-0.1, -0.05) is 0 Å². The minimum Gasteiger partial charge on any atom is -0.493 e. The summed E-state index contributed by atoms with van der Waals surface area (Å²) in [5.74, 6) is -1.15. The monoisotopic (exact) mass is 380 g/mol. The standard InChI is InChI=1S/C18H24N2O7/c1-10(18(23)24)19(2)17(22)11-6-15(21)20(9-11)12-7-13(25-3)16(27-5)14(8-12)26-4/h7-8,10-11H,6,9H2,1-5H3,(H,23,24). The maximum atomic E-state index is 12.6. The summed E-state index contributed by atoms with van der Waals surface area (Å²) in [7, 11) is 5.85. The molecule has 0 radical (unpaired) electrons. The molecule has 0 aromatic heterocycles. The number of likely N-dealkylation sites (N-methyl/N-ethyl adjacent to an activating group) is 1. The first-order chi connectivity index (χ1) is 12.7. The van der Waals surface area contributed by atoms with Crippen LogP contribution in [-0.2, 0) is 14.4 Å². The van der Waals surface area contributed by atoms with E-state index in [-0.39, 0.29) is 24.8 Å². The Kier molecular flexibility index (Phi) is 6.14. The number of anilines is 1. The highest BCUT2D eigenvalue weighted by atomic mass is 16.5. The van der Waals surface area contributed by atoms with Crippen LogP contribution >= 0.6 is 0 Å². The van der Waals surface area contributed by atoms with Crippen molar-refractivity contribution in [3.8, 4) is 17.2 Å². The number of hydrogen-bond acceptors (Lipinski definition) is 6. The number of carboxylic acids is 1. The van der Waals surface area contributed by atoms with E-state index in [4.69, 9.17) is 19.3 Å². The van der Waals surface area contributed by atoms with Crippen molar-refractivity contribution in [3.05, 3.63) is 12.1 Å². The average Bonchev–Trinajstić information content (AvgIpc) is 3.06. The lowest BCUT2D eigenvalue weighted by molar-refractivity contribution is -0.149. The molecule has 0 bridgehead atoms. The molecule has 9 nitrogen and oxygen atoms in total. The van der Waals surface area contributed by atoms with E-state index >= 15 is 0 Å². The van der Waals surface area contributed by atoms with Crippen molar-refractivity contribution in [1.82, 2.24) is 4.90 Å². The summed E-state index contributed by atoms with van der Waals surface area (Å²) in [5.41, 5.74) is 0.513. The van der Waals surface area contributed by atoms with Crippen LogP contribution in [-0.4, -0.2) is 68.8 Å². The Morgan fingerprint density at radius 2 is 1.74 bits per heavy atom. The summed E-state index contributed by atoms with van der Waals surface area (Å²) in [6.45, 7) is 1.57. The Morgan fingerprint density at radius 3 is 2.19 bits per heavy atom. The maximum Gasteiger partial charge on any atom is 0.326 e. The van der Waals surface area contributed by atoms with E-state index in [1.54, 1.807) is 12.1 Å². The molecule has 1 heterocycles. The molecule has 1 fully saturated rings. The van der Waals surface area contributed by atoms with E-state index in [0.29, 0.717) is 22.9 Å². The zero-order chi connectivity index (χ0) is 20.3. The summed E-state index contributed by atoms with van der Waals surface area (Å²) in [6, 6.07) is 2.30. The molecule has 2 amide bonds. The van der Waals surface area contributed by atoms with Crippen LogP contribution in [0.3, 0.4) is 0 Å². The van der Waals surface area contributed by atoms with E-state index in [9.17, 15) is 14.4 Å². The molecule has 1 aliphatic rings. The van der Waals surface area contributed by atoms with Gasteiger partial charge in [0.2, 0.25) is 17.6 Å². The average molecular weight is 380 g/mol. The Hall–Kier alpha value is -2.97. The van der Waals surface area contributed by atoms with Crippen LogP contribution in [0, 0.1) is 5.92 Å². The zero-order valence-corrected chi connectivity index (χ0v) is 16.0. The van der Waals surface area contributed by atoms with Crippen molar-refractivity contribution < 1.29 is 33.7 Å². The smallest absolute Gasteiger partial charge is 0.326 e. The molecular formula is C18H24N2O7. The predicted molar refractivity (Wildman–Crippen MR) is 96.4 cm³/mol. The molecule has 27 heavy (non-hydrogen) atoms. The Bertz CT molecular complexity index is 724. The molecule has 9 heteroatoms. The van der Waals surface area contributed by atoms with Gasteiger partial charge in [0.25, 0.3) is 0 Å². The van der Waals surface area contributed by atoms with Gasteiger partial charge in [0.1, 0.15) is 6.04 Å². The van der Waals surface area contributed by atoms with Gasteiger partial charge in [-0.05, 0) is 6.92 Å². The van der Waals surface area contributed by atoms with Crippen LogP contribution < -0.4 is 19.1 Å². The molecule has 2 rings (SSSR count). The molecule has 148 valence electrons. The predicted octanol–water partition coefficient (Wildman–Crippen LogP) is 0.997. The number of carbonyl (C=O) groups excluding carboxylic acids is 2. The second-order valence-electron chi connectivity index (χ2n) is 6.25. The van der Waals surface area contributed by atoms with Crippen molar-refractivity contribution in [2.24, 2.45) is 5.92 Å². The summed E-state index contributed by atoms with van der Waals surface area (Å²) in [6.07, 6.45) is 0.00612. The number of carbonyl (C=O) groups is 3. The third-order valence-corrected chi connectivity index (χ3v) is 4.72. The fourth-order valence-electron chi connectivity index (χ4n) is 2.99. The highest BCUT2D eigenvalue weighted by Gasteiger charge is 2.38. The van der Waals surface area contributed by atoms with Gasteiger partial charge in [-0.25, -0.2) is 4.79 Å². The molecule has 0 saturated carbocycles. The fourth-order valence-corrected chi connectivity index (χ4v) is 2.99. The molecule has 1 aliphatic heterocycles. The minimum atomic E-state index is -1.10. The van der Waals surface area contributed by atoms with Crippen LogP contribution in [0.25, 0.3) is 0 Å². The normalized spacial score (nSPS) is 17.4. The highest BCUT2D eigenvalue weighted by Crippen LogP contribution is 2.42. The van der Waals surface area contributed by atoms with Gasteiger partial charge >= 0.3 is 5.97 Å². The van der Waals surface area contributed by atoms with Gasteiger partial charge in [-0.2, -0.15) is 0 Å². The lowest BCUT2D eigenvalue weighted by Gasteiger charge is -2.25. The Balaban J connectivity index is 2.28. The van der Waals surface area contributed by atoms with Crippen molar-refractivity contribution in [2.75, 3.05) is 39.8 Å². The molecule has 2 unspecified atom stereocenters. The van der Waals surface area contributed by atoms with Gasteiger partial charge in [-0.3, -0.25) is 9.59 Å². The van der Waals surface area contributed by atoms with Crippen molar-refractivity contribution in [3.63, 3.8) is 0 Å². The summed E-state index contributed by atoms with van der Waals surface area (Å²) in [5, 5.41) is 9.08. The molecule has 0 spiro atoms. The van der Waals surface area contributed by atoms with Gasteiger partial charge in [0.05, 0.1) is 32.9 Å². The van der Waals surface area contributed by atoms with Crippen LogP contribution in [0.4, 0.5) is 5.69 Å². The number of methoxy groups -OCH3 is 3. The Labute approximate surface area is 157 Å². The molecule has 1 aromatic rings. The van der Waals surface area contributed by atoms with Gasteiger partial charge in [0, 0.05) is 32.1 Å². The first kappa shape index (κ1) is 20.3. The minimum absolute atomic E-state index is 0.00612. The van der Waals surface area contributed by atoms with Crippen LogP contribution in [0.2, 0.25) is 0 Å². The van der Waals surface area contributed by atoms with E-state index in [0.717, 1.165) is 4.90 Å². The summed E-state index contributed by atoms with van der Waals surface area (Å²) in [4.78, 5) is 38.8. The summed E-state index contributed by atoms with van der Waals surface area (Å²) < 4.78 is 15.9. The second kappa shape index (κ2) is 8.15. The highest BCUT2D eigenvalue weighted by molar-refractivity contribution is 6.01. The molecule has 1 N–H and O–H groups in total. The number of nitrogens with zero attached hydrogens (tertiary/aromatic N) is 2. The topological polar surface area (TPSA) is 106 Å². The van der Waals surface area contributed by atoms with E-state index in [1.165, 1.54) is 40.2 Å². The lowest BCUT2D eigenvalue weighted by Crippen LogP contribution is -2.43. The molecule has 1 aromatic carbocycles. The van der Waals surface area contributed by atoms with Gasteiger partial charge < -0.3 is 29.1 Å². The largest absolute Gasteiger partial charge is 0.493 e. The molecule has 0 aliphatic carbocycles. The van der Waals surface area contributed by atoms with Crippen LogP contribution in [0.1, 0.15) is 13.3 Å². The number of amides is 2. The number of aliphatic carboxylic acids is 1. The number of rotatable bonds is 7. The summed E-state index contributed by atoms with van der Waals surface area (Å²) >= 11 is 0. The maximum absolute atomic E-state index is 12.6. The van der Waals surface area contributed by atoms with Crippen LogP contribution in [0.5, 0.6) is 17.2 Å². The zero-order valence-electron chi connectivity index (χ0n) is 16.0. The quantitative estimate of drug-likeness (QED) is 0.752. The fraction of sp³-hybridized carbons (Fsp3) is 0.500. The van der Waals surface area contributed by atoms with Crippen LogP contribution in [0.15, 0.2) is 12.1 Å². The molecule has 2 atom stereocenters. The van der Waals surface area contributed by atoms with Crippen molar-refractivity contribution >= 4 is 23.5 Å². The van der Waals surface area contributed by atoms with Gasteiger partial charge in [0.15, 0.2) is 11.5 Å². The lowest BCUT2D eigenvalue weighted by atomic mass is 10.1. The third-order valence-electron chi connectivity index (χ3n) is 4.72. The van der Waals surface area contributed by atoms with Crippen molar-refractivity contribution in [1.29, 1.82) is 0 Å². The van der Waals surface area contributed by atoms with Gasteiger partial charge in [-0.15, -0.1) is 0 Å². The molecular weight excluding hydrogens is 356 g/mol. The second-order valence-corrected chi connectivity index (χ2v) is 6.25. The van der Waals surface area contributed by atoms with E-state index < -0.39 is 17.9 Å². The number of carboxylic acid groups (broad SMARTS) is 1. The molecule has 1 saturated heterocycles. The van der Waals surface area contributed by atoms with Crippen molar-refractivity contribution in [2.45, 2.75) is 19.4 Å². The first-order valence-corrected chi connectivity index (χ1v) is 8.35. The SMILES string of the molecule is COc1cc(N2CC(C(=O)N(C)C(C)C(=O)O)CC2=O)cc(OC)c1OC. The van der Waals surface area contributed by atoms with E-state index in [1.807, 2.05) is 0 Å². The number of benzene rings is 1. The number of hydrogen-bond donors (Lipinski definition) is 1. The number of ether oxygens (including phenoxy) is 3. The first-order valence-electron chi connectivity index (χ1n) is 8.35.